The van der Waals surface area contributed by atoms with E-state index in [9.17, 15) is 18.0 Å². The van der Waals surface area contributed by atoms with Crippen LogP contribution in [-0.4, -0.2) is 38.3 Å². The highest BCUT2D eigenvalue weighted by atomic mass is 35.5. The predicted octanol–water partition coefficient (Wildman–Crippen LogP) is 1.87. The Bertz CT molecular complexity index is 677. The van der Waals surface area contributed by atoms with E-state index in [0.29, 0.717) is 10.7 Å². The lowest BCUT2D eigenvalue weighted by molar-refractivity contribution is -0.125. The third-order valence-corrected chi connectivity index (χ3v) is 4.37. The molecule has 0 aromatic heterocycles. The van der Waals surface area contributed by atoms with E-state index in [1.807, 2.05) is 0 Å². The minimum atomic E-state index is -3.24. The van der Waals surface area contributed by atoms with Crippen molar-refractivity contribution in [3.63, 3.8) is 0 Å². The lowest BCUT2D eigenvalue weighted by Gasteiger charge is -2.17. The van der Waals surface area contributed by atoms with Crippen molar-refractivity contribution in [1.82, 2.24) is 5.32 Å². The zero-order chi connectivity index (χ0) is 16.9. The molecule has 0 fully saturated rings. The van der Waals surface area contributed by atoms with Gasteiger partial charge in [-0.2, -0.15) is 0 Å². The Morgan fingerprint density at radius 2 is 1.86 bits per heavy atom. The molecule has 1 rings (SSSR count). The fraction of sp³-hybridized carbons (Fsp3) is 0.385. The minimum absolute atomic E-state index is 0.0223. The Labute approximate surface area is 139 Å². The van der Waals surface area contributed by atoms with E-state index in [-0.39, 0.29) is 17.2 Å². The van der Waals surface area contributed by atoms with E-state index in [1.54, 1.807) is 6.07 Å². The molecule has 0 saturated heterocycles. The van der Waals surface area contributed by atoms with Crippen LogP contribution in [0.25, 0.3) is 0 Å². The topological polar surface area (TPSA) is 92.3 Å². The van der Waals surface area contributed by atoms with Crippen LogP contribution in [0.15, 0.2) is 18.2 Å². The second-order valence-electron chi connectivity index (χ2n) is 4.79. The monoisotopic (exact) mass is 366 g/mol. The molecule has 1 aromatic rings. The molecule has 0 heterocycles. The summed E-state index contributed by atoms with van der Waals surface area (Å²) in [5.74, 6) is -1.17. The first-order valence-electron chi connectivity index (χ1n) is 6.29. The van der Waals surface area contributed by atoms with E-state index < -0.39 is 27.7 Å². The molecule has 0 spiro atoms. The third kappa shape index (κ3) is 6.64. The Kier molecular flexibility index (Phi) is 6.65. The van der Waals surface area contributed by atoms with Crippen LogP contribution in [-0.2, 0) is 19.4 Å². The molecule has 0 unspecified atom stereocenters. The van der Waals surface area contributed by atoms with Crippen LogP contribution in [0, 0.1) is 0 Å². The minimum Gasteiger partial charge on any atom is -0.345 e. The van der Waals surface area contributed by atoms with Crippen LogP contribution in [0.1, 0.15) is 13.3 Å². The third-order valence-electron chi connectivity index (χ3n) is 2.66. The number of hydrogen-bond acceptors (Lipinski definition) is 4. The van der Waals surface area contributed by atoms with Gasteiger partial charge in [-0.25, -0.2) is 8.42 Å². The van der Waals surface area contributed by atoms with E-state index in [1.165, 1.54) is 19.1 Å². The Morgan fingerprint density at radius 3 is 2.36 bits per heavy atom. The normalized spacial score (nSPS) is 12.5. The van der Waals surface area contributed by atoms with Crippen LogP contribution in [0.4, 0.5) is 5.69 Å². The van der Waals surface area contributed by atoms with E-state index in [0.717, 1.165) is 6.26 Å². The van der Waals surface area contributed by atoms with Crippen molar-refractivity contribution >= 4 is 50.5 Å². The fourth-order valence-corrected chi connectivity index (χ4v) is 2.61. The Morgan fingerprint density at radius 1 is 1.23 bits per heavy atom. The van der Waals surface area contributed by atoms with Gasteiger partial charge in [0.15, 0.2) is 0 Å². The summed E-state index contributed by atoms with van der Waals surface area (Å²) in [6.07, 6.45) is 1.04. The number of sulfone groups is 1. The lowest BCUT2D eigenvalue weighted by Crippen LogP contribution is -2.43. The number of halogens is 2. The van der Waals surface area contributed by atoms with Crippen molar-refractivity contribution in [3.05, 3.63) is 28.2 Å². The molecule has 0 radical (unpaired) electrons. The number of nitrogens with one attached hydrogen (secondary N) is 2. The molecule has 2 amide bonds. The standard InChI is InChI=1S/C13H16Cl2N2O4S/c1-8(18)16-12(5-6-22(2,20)21)13(19)17-9-3-4-10(14)11(15)7-9/h3-4,7,12H,5-6H2,1-2H3,(H,16,18)(H,17,19)/t12-/m1/s1. The largest absolute Gasteiger partial charge is 0.345 e. The van der Waals surface area contributed by atoms with Crippen molar-refractivity contribution in [2.24, 2.45) is 0 Å². The zero-order valence-electron chi connectivity index (χ0n) is 12.0. The summed E-state index contributed by atoms with van der Waals surface area (Å²) in [6.45, 7) is 1.25. The molecular formula is C13H16Cl2N2O4S. The van der Waals surface area contributed by atoms with Crippen LogP contribution >= 0.6 is 23.2 Å². The van der Waals surface area contributed by atoms with E-state index >= 15 is 0 Å². The van der Waals surface area contributed by atoms with E-state index in [2.05, 4.69) is 10.6 Å². The second-order valence-corrected chi connectivity index (χ2v) is 7.86. The number of benzene rings is 1. The molecule has 1 atom stereocenters. The van der Waals surface area contributed by atoms with Crippen molar-refractivity contribution in [1.29, 1.82) is 0 Å². The lowest BCUT2D eigenvalue weighted by atomic mass is 10.2. The zero-order valence-corrected chi connectivity index (χ0v) is 14.3. The predicted molar refractivity (Wildman–Crippen MR) is 87.0 cm³/mol. The van der Waals surface area contributed by atoms with Crippen molar-refractivity contribution in [3.8, 4) is 0 Å². The molecule has 0 saturated carbocycles. The van der Waals surface area contributed by atoms with Gasteiger partial charge in [0.1, 0.15) is 15.9 Å². The first kappa shape index (κ1) is 18.7. The molecule has 0 aliphatic rings. The molecule has 122 valence electrons. The molecule has 0 aliphatic heterocycles. The molecule has 2 N–H and O–H groups in total. The molecule has 6 nitrogen and oxygen atoms in total. The van der Waals surface area contributed by atoms with Crippen LogP contribution in [0.3, 0.4) is 0 Å². The van der Waals surface area contributed by atoms with Gasteiger partial charge in [-0.1, -0.05) is 23.2 Å². The van der Waals surface area contributed by atoms with Crippen molar-refractivity contribution in [2.75, 3.05) is 17.3 Å². The number of anilines is 1. The van der Waals surface area contributed by atoms with Crippen molar-refractivity contribution in [2.45, 2.75) is 19.4 Å². The number of carbonyl (C=O) groups excluding carboxylic acids is 2. The van der Waals surface area contributed by atoms with Gasteiger partial charge in [0.2, 0.25) is 11.8 Å². The molecule has 0 bridgehead atoms. The first-order chi connectivity index (χ1) is 10.1. The maximum absolute atomic E-state index is 12.2. The number of carbonyl (C=O) groups is 2. The molecular weight excluding hydrogens is 351 g/mol. The van der Waals surface area contributed by atoms with E-state index in [4.69, 9.17) is 23.2 Å². The van der Waals surface area contributed by atoms with Crippen LogP contribution in [0.2, 0.25) is 10.0 Å². The molecule has 9 heteroatoms. The van der Waals surface area contributed by atoms with Gasteiger partial charge in [-0.15, -0.1) is 0 Å². The van der Waals surface area contributed by atoms with Crippen molar-refractivity contribution < 1.29 is 18.0 Å². The Balaban J connectivity index is 2.81. The maximum Gasteiger partial charge on any atom is 0.246 e. The van der Waals surface area contributed by atoms with Gasteiger partial charge in [-0.05, 0) is 24.6 Å². The van der Waals surface area contributed by atoms with Crippen LogP contribution in [0.5, 0.6) is 0 Å². The van der Waals surface area contributed by atoms with Gasteiger partial charge < -0.3 is 10.6 Å². The quantitative estimate of drug-likeness (QED) is 0.803. The summed E-state index contributed by atoms with van der Waals surface area (Å²) < 4.78 is 22.4. The number of amides is 2. The summed E-state index contributed by atoms with van der Waals surface area (Å²) in [4.78, 5) is 23.3. The van der Waals surface area contributed by atoms with Gasteiger partial charge in [0.05, 0.1) is 15.8 Å². The first-order valence-corrected chi connectivity index (χ1v) is 9.11. The maximum atomic E-state index is 12.2. The average Bonchev–Trinajstić information content (AvgIpc) is 2.37. The van der Waals surface area contributed by atoms with Gasteiger partial charge in [0.25, 0.3) is 0 Å². The van der Waals surface area contributed by atoms with Gasteiger partial charge in [0, 0.05) is 18.9 Å². The Hall–Kier alpha value is -1.31. The SMILES string of the molecule is CC(=O)N[C@H](CCS(C)(=O)=O)C(=O)Nc1ccc(Cl)c(Cl)c1. The van der Waals surface area contributed by atoms with Gasteiger partial charge >= 0.3 is 0 Å². The molecule has 22 heavy (non-hydrogen) atoms. The highest BCUT2D eigenvalue weighted by Gasteiger charge is 2.21. The smallest absolute Gasteiger partial charge is 0.246 e. The molecule has 0 aliphatic carbocycles. The molecule has 1 aromatic carbocycles. The van der Waals surface area contributed by atoms with Crippen LogP contribution < -0.4 is 10.6 Å². The number of rotatable bonds is 6. The summed E-state index contributed by atoms with van der Waals surface area (Å²) in [7, 11) is -3.24. The van der Waals surface area contributed by atoms with Gasteiger partial charge in [-0.3, -0.25) is 9.59 Å². The second kappa shape index (κ2) is 7.80. The summed E-state index contributed by atoms with van der Waals surface area (Å²) in [6, 6.07) is 3.57. The fourth-order valence-electron chi connectivity index (χ4n) is 1.65. The summed E-state index contributed by atoms with van der Waals surface area (Å²) >= 11 is 11.6. The average molecular weight is 367 g/mol. The number of hydrogen-bond donors (Lipinski definition) is 2. The highest BCUT2D eigenvalue weighted by molar-refractivity contribution is 7.90. The summed E-state index contributed by atoms with van der Waals surface area (Å²) in [5, 5.41) is 5.60. The summed E-state index contributed by atoms with van der Waals surface area (Å²) in [5.41, 5.74) is 0.397. The highest BCUT2D eigenvalue weighted by Crippen LogP contribution is 2.25.